The molecule has 0 N–H and O–H groups in total. The van der Waals surface area contributed by atoms with Gasteiger partial charge in [0.05, 0.1) is 13.2 Å². The molecule has 2 heterocycles. The van der Waals surface area contributed by atoms with E-state index in [1.54, 1.807) is 0 Å². The lowest BCUT2D eigenvalue weighted by molar-refractivity contribution is 0.122. The Morgan fingerprint density at radius 3 is 2.72 bits per heavy atom. The van der Waals surface area contributed by atoms with Crippen molar-refractivity contribution in [2.45, 2.75) is 19.4 Å². The van der Waals surface area contributed by atoms with Gasteiger partial charge in [-0.3, -0.25) is 4.90 Å². The van der Waals surface area contributed by atoms with Crippen molar-refractivity contribution in [3.05, 3.63) is 29.3 Å². The second-order valence-electron chi connectivity index (χ2n) is 5.36. The molecule has 2 aliphatic rings. The first-order valence-corrected chi connectivity index (χ1v) is 6.92. The van der Waals surface area contributed by atoms with Crippen LogP contribution >= 0.6 is 0 Å². The Bertz CT molecular complexity index is 427. The Morgan fingerprint density at radius 2 is 1.94 bits per heavy atom. The van der Waals surface area contributed by atoms with Crippen LogP contribution in [0.5, 0.6) is 0 Å². The number of morpholine rings is 1. The standard InChI is InChI=1S/C15H22N2O/c1-12-15-13(6-7-16(12)2)4-3-5-14(15)17-8-10-18-11-9-17/h3-5,12H,6-11H2,1-2H3. The summed E-state index contributed by atoms with van der Waals surface area (Å²) < 4.78 is 5.46. The van der Waals surface area contributed by atoms with Gasteiger partial charge in [-0.25, -0.2) is 0 Å². The predicted octanol–water partition coefficient (Wildman–Crippen LogP) is 2.07. The average molecular weight is 246 g/mol. The number of rotatable bonds is 1. The maximum Gasteiger partial charge on any atom is 0.0642 e. The highest BCUT2D eigenvalue weighted by Gasteiger charge is 2.26. The van der Waals surface area contributed by atoms with E-state index < -0.39 is 0 Å². The van der Waals surface area contributed by atoms with E-state index in [9.17, 15) is 0 Å². The van der Waals surface area contributed by atoms with E-state index in [1.165, 1.54) is 29.8 Å². The molecule has 0 radical (unpaired) electrons. The summed E-state index contributed by atoms with van der Waals surface area (Å²) in [5.41, 5.74) is 4.49. The van der Waals surface area contributed by atoms with Crippen molar-refractivity contribution >= 4 is 5.69 Å². The molecule has 1 atom stereocenters. The first-order valence-electron chi connectivity index (χ1n) is 6.92. The fraction of sp³-hybridized carbons (Fsp3) is 0.600. The smallest absolute Gasteiger partial charge is 0.0642 e. The van der Waals surface area contributed by atoms with E-state index >= 15 is 0 Å². The zero-order chi connectivity index (χ0) is 12.5. The van der Waals surface area contributed by atoms with Gasteiger partial charge in [0.15, 0.2) is 0 Å². The molecule has 0 aromatic heterocycles. The molecule has 3 rings (SSSR count). The lowest BCUT2D eigenvalue weighted by atomic mass is 9.91. The molecule has 1 saturated heterocycles. The molecule has 1 unspecified atom stereocenters. The van der Waals surface area contributed by atoms with Crippen LogP contribution in [0.4, 0.5) is 5.69 Å². The SMILES string of the molecule is CC1c2c(cccc2N2CCOCC2)CCN1C. The fourth-order valence-corrected chi connectivity index (χ4v) is 3.09. The van der Waals surface area contributed by atoms with Crippen LogP contribution in [0, 0.1) is 0 Å². The molecule has 1 aromatic rings. The highest BCUT2D eigenvalue weighted by Crippen LogP contribution is 2.36. The Kier molecular flexibility index (Phi) is 3.27. The van der Waals surface area contributed by atoms with Crippen molar-refractivity contribution in [3.63, 3.8) is 0 Å². The molecule has 0 spiro atoms. The minimum absolute atomic E-state index is 0.521. The van der Waals surface area contributed by atoms with Crippen LogP contribution < -0.4 is 4.90 Å². The number of hydrogen-bond donors (Lipinski definition) is 0. The second-order valence-corrected chi connectivity index (χ2v) is 5.36. The highest BCUT2D eigenvalue weighted by molar-refractivity contribution is 5.59. The van der Waals surface area contributed by atoms with Gasteiger partial charge in [-0.2, -0.15) is 0 Å². The molecule has 1 aromatic carbocycles. The molecule has 98 valence electrons. The van der Waals surface area contributed by atoms with Crippen LogP contribution in [-0.2, 0) is 11.2 Å². The third kappa shape index (κ3) is 2.02. The molecule has 3 nitrogen and oxygen atoms in total. The number of hydrogen-bond acceptors (Lipinski definition) is 3. The maximum atomic E-state index is 5.46. The minimum atomic E-state index is 0.521. The van der Waals surface area contributed by atoms with E-state index in [2.05, 4.69) is 42.0 Å². The van der Waals surface area contributed by atoms with E-state index in [0.717, 1.165) is 26.3 Å². The molecular formula is C15H22N2O. The van der Waals surface area contributed by atoms with E-state index in [1.807, 2.05) is 0 Å². The third-order valence-corrected chi connectivity index (χ3v) is 4.34. The minimum Gasteiger partial charge on any atom is -0.378 e. The predicted molar refractivity (Wildman–Crippen MR) is 74.2 cm³/mol. The monoisotopic (exact) mass is 246 g/mol. The molecule has 0 saturated carbocycles. The summed E-state index contributed by atoms with van der Waals surface area (Å²) in [4.78, 5) is 4.93. The zero-order valence-electron chi connectivity index (χ0n) is 11.4. The van der Waals surface area contributed by atoms with Crippen LogP contribution in [0.1, 0.15) is 24.1 Å². The molecule has 0 aliphatic carbocycles. The van der Waals surface area contributed by atoms with Crippen molar-refractivity contribution in [2.75, 3.05) is 44.8 Å². The summed E-state index contributed by atoms with van der Waals surface area (Å²) in [5, 5.41) is 0. The highest BCUT2D eigenvalue weighted by atomic mass is 16.5. The van der Waals surface area contributed by atoms with E-state index in [4.69, 9.17) is 4.74 Å². The summed E-state index contributed by atoms with van der Waals surface area (Å²) >= 11 is 0. The lowest BCUT2D eigenvalue weighted by Crippen LogP contribution is -2.39. The van der Waals surface area contributed by atoms with Gasteiger partial charge in [0.25, 0.3) is 0 Å². The molecule has 0 amide bonds. The van der Waals surface area contributed by atoms with Gasteiger partial charge >= 0.3 is 0 Å². The Labute approximate surface area is 109 Å². The molecule has 3 heteroatoms. The van der Waals surface area contributed by atoms with Crippen molar-refractivity contribution in [1.29, 1.82) is 0 Å². The van der Waals surface area contributed by atoms with Gasteiger partial charge in [0.1, 0.15) is 0 Å². The Balaban J connectivity index is 1.99. The lowest BCUT2D eigenvalue weighted by Gasteiger charge is -2.38. The third-order valence-electron chi connectivity index (χ3n) is 4.34. The van der Waals surface area contributed by atoms with Crippen LogP contribution in [0.2, 0.25) is 0 Å². The van der Waals surface area contributed by atoms with E-state index in [0.29, 0.717) is 6.04 Å². The van der Waals surface area contributed by atoms with Gasteiger partial charge < -0.3 is 9.64 Å². The topological polar surface area (TPSA) is 15.7 Å². The van der Waals surface area contributed by atoms with Crippen molar-refractivity contribution in [3.8, 4) is 0 Å². The molecule has 1 fully saturated rings. The summed E-state index contributed by atoms with van der Waals surface area (Å²) in [6.45, 7) is 7.24. The van der Waals surface area contributed by atoms with Gasteiger partial charge in [0.2, 0.25) is 0 Å². The van der Waals surface area contributed by atoms with Crippen LogP contribution in [0.3, 0.4) is 0 Å². The van der Waals surface area contributed by atoms with Crippen LogP contribution in [0.15, 0.2) is 18.2 Å². The van der Waals surface area contributed by atoms with Crippen molar-refractivity contribution < 1.29 is 4.74 Å². The fourth-order valence-electron chi connectivity index (χ4n) is 3.09. The first kappa shape index (κ1) is 12.0. The molecule has 18 heavy (non-hydrogen) atoms. The first-order chi connectivity index (χ1) is 8.77. The number of likely N-dealkylation sites (N-methyl/N-ethyl adjacent to an activating group) is 1. The molecular weight excluding hydrogens is 224 g/mol. The van der Waals surface area contributed by atoms with Crippen molar-refractivity contribution in [2.24, 2.45) is 0 Å². The number of anilines is 1. The quantitative estimate of drug-likeness (QED) is 0.754. The van der Waals surface area contributed by atoms with Gasteiger partial charge in [-0.1, -0.05) is 12.1 Å². The summed E-state index contributed by atoms with van der Waals surface area (Å²) in [6.07, 6.45) is 1.17. The van der Waals surface area contributed by atoms with Crippen LogP contribution in [0.25, 0.3) is 0 Å². The molecule has 0 bridgehead atoms. The number of benzene rings is 1. The van der Waals surface area contributed by atoms with Crippen LogP contribution in [-0.4, -0.2) is 44.8 Å². The zero-order valence-corrected chi connectivity index (χ0v) is 11.4. The average Bonchev–Trinajstić information content (AvgIpc) is 2.43. The largest absolute Gasteiger partial charge is 0.378 e. The second kappa shape index (κ2) is 4.90. The summed E-state index contributed by atoms with van der Waals surface area (Å²) in [5.74, 6) is 0. The summed E-state index contributed by atoms with van der Waals surface area (Å²) in [7, 11) is 2.23. The van der Waals surface area contributed by atoms with E-state index in [-0.39, 0.29) is 0 Å². The summed E-state index contributed by atoms with van der Waals surface area (Å²) in [6, 6.07) is 7.30. The van der Waals surface area contributed by atoms with Gasteiger partial charge in [-0.15, -0.1) is 0 Å². The maximum absolute atomic E-state index is 5.46. The molecule has 2 aliphatic heterocycles. The number of fused-ring (bicyclic) bond motifs is 1. The van der Waals surface area contributed by atoms with Crippen molar-refractivity contribution in [1.82, 2.24) is 4.90 Å². The Morgan fingerprint density at radius 1 is 1.17 bits per heavy atom. The number of nitrogens with zero attached hydrogens (tertiary/aromatic N) is 2. The number of ether oxygens (including phenoxy) is 1. The van der Waals surface area contributed by atoms with Gasteiger partial charge in [-0.05, 0) is 37.6 Å². The normalized spacial score (nSPS) is 25.0. The van der Waals surface area contributed by atoms with Gasteiger partial charge in [0, 0.05) is 31.4 Å². The Hall–Kier alpha value is -1.06.